The van der Waals surface area contributed by atoms with Crippen LogP contribution >= 0.6 is 0 Å². The second-order valence-electron chi connectivity index (χ2n) is 12.2. The van der Waals surface area contributed by atoms with Crippen LogP contribution in [0.1, 0.15) is 52.7 Å². The fourth-order valence-corrected chi connectivity index (χ4v) is 6.37. The maximum Gasteiger partial charge on any atom is 0.261 e. The van der Waals surface area contributed by atoms with Crippen molar-refractivity contribution in [3.8, 4) is 17.2 Å². The average molecular weight is 623 g/mol. The number of sulfonamides is 2. The third kappa shape index (κ3) is 7.88. The van der Waals surface area contributed by atoms with E-state index in [9.17, 15) is 16.8 Å². The molecule has 0 aliphatic rings. The predicted octanol–water partition coefficient (Wildman–Crippen LogP) is 7.68. The van der Waals surface area contributed by atoms with Crippen LogP contribution in [0.15, 0.2) is 101 Å². The van der Waals surface area contributed by atoms with E-state index >= 15 is 0 Å². The van der Waals surface area contributed by atoms with E-state index in [0.29, 0.717) is 17.2 Å². The van der Waals surface area contributed by atoms with Crippen LogP contribution in [0.3, 0.4) is 0 Å². The number of ether oxygens (including phenoxy) is 2. The molecule has 0 heterocycles. The quantitative estimate of drug-likeness (QED) is 0.198. The van der Waals surface area contributed by atoms with E-state index in [1.54, 1.807) is 61.7 Å². The maximum absolute atomic E-state index is 13.5. The molecule has 0 bridgehead atoms. The van der Waals surface area contributed by atoms with Crippen molar-refractivity contribution in [2.45, 2.75) is 62.2 Å². The fraction of sp³-hybridized carbons (Fsp3) is 0.273. The zero-order valence-electron chi connectivity index (χ0n) is 25.4. The number of methoxy groups -OCH3 is 1. The van der Waals surface area contributed by atoms with E-state index in [4.69, 9.17) is 9.47 Å². The number of hydrogen-bond donors (Lipinski definition) is 2. The first-order chi connectivity index (χ1) is 20.0. The monoisotopic (exact) mass is 622 g/mol. The van der Waals surface area contributed by atoms with Gasteiger partial charge in [-0.05, 0) is 82.6 Å². The van der Waals surface area contributed by atoms with Crippen LogP contribution in [-0.2, 0) is 30.9 Å². The molecule has 0 amide bonds. The van der Waals surface area contributed by atoms with Gasteiger partial charge in [0.2, 0.25) is 0 Å². The Kier molecular flexibility index (Phi) is 8.85. The van der Waals surface area contributed by atoms with E-state index < -0.39 is 20.0 Å². The second kappa shape index (κ2) is 11.9. The molecule has 0 spiro atoms. The molecule has 4 aromatic carbocycles. The van der Waals surface area contributed by atoms with Crippen LogP contribution in [0.25, 0.3) is 0 Å². The zero-order chi connectivity index (χ0) is 31.6. The van der Waals surface area contributed by atoms with E-state index in [1.165, 1.54) is 36.4 Å². The van der Waals surface area contributed by atoms with Gasteiger partial charge in [-0.25, -0.2) is 16.8 Å². The summed E-state index contributed by atoms with van der Waals surface area (Å²) in [5, 5.41) is 0. The van der Waals surface area contributed by atoms with Gasteiger partial charge in [-0.2, -0.15) is 0 Å². The molecule has 0 fully saturated rings. The standard InChI is InChI=1S/C33H38N2O6S2/c1-32(2,3)23-8-17-28(18-9-23)42(36,37)34-30-21-16-27(41-26-14-12-25(40-7)13-15-26)22-31(30)35-43(38,39)29-19-10-24(11-20-29)33(4,5)6/h8-22,34-35H,1-7H3. The Labute approximate surface area is 255 Å². The highest BCUT2D eigenvalue weighted by atomic mass is 32.2. The molecule has 0 radical (unpaired) electrons. The Bertz CT molecular complexity index is 1790. The smallest absolute Gasteiger partial charge is 0.261 e. The molecule has 4 rings (SSSR count). The Morgan fingerprint density at radius 2 is 0.907 bits per heavy atom. The molecule has 228 valence electrons. The molecule has 0 aromatic heterocycles. The maximum atomic E-state index is 13.5. The number of benzene rings is 4. The van der Waals surface area contributed by atoms with Crippen molar-refractivity contribution in [3.05, 3.63) is 102 Å². The molecule has 0 aliphatic carbocycles. The number of anilines is 2. The van der Waals surface area contributed by atoms with Crippen molar-refractivity contribution in [1.29, 1.82) is 0 Å². The van der Waals surface area contributed by atoms with Crippen LogP contribution in [0.5, 0.6) is 17.2 Å². The minimum absolute atomic E-state index is 0.000737. The van der Waals surface area contributed by atoms with E-state index in [2.05, 4.69) is 9.44 Å². The number of hydrogen-bond acceptors (Lipinski definition) is 6. The van der Waals surface area contributed by atoms with Gasteiger partial charge in [0.25, 0.3) is 20.0 Å². The van der Waals surface area contributed by atoms with Crippen molar-refractivity contribution in [3.63, 3.8) is 0 Å². The third-order valence-corrected chi connectivity index (χ3v) is 9.60. The van der Waals surface area contributed by atoms with Crippen molar-refractivity contribution in [2.24, 2.45) is 0 Å². The molecule has 0 aliphatic heterocycles. The van der Waals surface area contributed by atoms with E-state index in [0.717, 1.165) is 11.1 Å². The summed E-state index contributed by atoms with van der Waals surface area (Å²) in [6.07, 6.45) is 0. The normalized spacial score (nSPS) is 12.4. The van der Waals surface area contributed by atoms with Crippen LogP contribution in [0.4, 0.5) is 11.4 Å². The van der Waals surface area contributed by atoms with Crippen molar-refractivity contribution >= 4 is 31.4 Å². The van der Waals surface area contributed by atoms with E-state index in [-0.39, 0.29) is 32.0 Å². The highest BCUT2D eigenvalue weighted by molar-refractivity contribution is 7.93. The van der Waals surface area contributed by atoms with Gasteiger partial charge in [-0.1, -0.05) is 65.8 Å². The van der Waals surface area contributed by atoms with Gasteiger partial charge in [0, 0.05) is 6.07 Å². The minimum atomic E-state index is -4.10. The Morgan fingerprint density at radius 1 is 0.512 bits per heavy atom. The summed E-state index contributed by atoms with van der Waals surface area (Å²) in [7, 11) is -6.60. The topological polar surface area (TPSA) is 111 Å². The first-order valence-corrected chi connectivity index (χ1v) is 16.7. The van der Waals surface area contributed by atoms with Gasteiger partial charge in [0.1, 0.15) is 17.2 Å². The van der Waals surface area contributed by atoms with E-state index in [1.807, 2.05) is 41.5 Å². The SMILES string of the molecule is COc1ccc(Oc2ccc(NS(=O)(=O)c3ccc(C(C)(C)C)cc3)c(NS(=O)(=O)c3ccc(C(C)(C)C)cc3)c2)cc1. The largest absolute Gasteiger partial charge is 0.497 e. The van der Waals surface area contributed by atoms with Gasteiger partial charge in [0.05, 0.1) is 28.3 Å². The lowest BCUT2D eigenvalue weighted by Gasteiger charge is -2.20. The van der Waals surface area contributed by atoms with Crippen molar-refractivity contribution in [2.75, 3.05) is 16.6 Å². The van der Waals surface area contributed by atoms with Crippen LogP contribution in [0.2, 0.25) is 0 Å². The summed E-state index contributed by atoms with van der Waals surface area (Å²) in [5.74, 6) is 1.43. The first kappa shape index (κ1) is 31.9. The van der Waals surface area contributed by atoms with Gasteiger partial charge < -0.3 is 9.47 Å². The minimum Gasteiger partial charge on any atom is -0.497 e. The summed E-state index contributed by atoms with van der Waals surface area (Å²) < 4.78 is 70.0. The summed E-state index contributed by atoms with van der Waals surface area (Å²) in [6, 6.07) is 24.5. The number of rotatable bonds is 9. The van der Waals surface area contributed by atoms with Crippen LogP contribution in [-0.4, -0.2) is 23.9 Å². The fourth-order valence-electron chi connectivity index (χ4n) is 4.22. The molecule has 10 heteroatoms. The molecule has 0 saturated heterocycles. The third-order valence-electron chi connectivity index (χ3n) is 6.84. The lowest BCUT2D eigenvalue weighted by molar-refractivity contribution is 0.413. The summed E-state index contributed by atoms with van der Waals surface area (Å²) >= 11 is 0. The molecule has 0 atom stereocenters. The molecule has 43 heavy (non-hydrogen) atoms. The van der Waals surface area contributed by atoms with Gasteiger partial charge in [0.15, 0.2) is 0 Å². The summed E-state index contributed by atoms with van der Waals surface area (Å²) in [5.41, 5.74) is 1.70. The Balaban J connectivity index is 1.70. The summed E-state index contributed by atoms with van der Waals surface area (Å²) in [4.78, 5) is 0.0826. The lowest BCUT2D eigenvalue weighted by Crippen LogP contribution is -2.18. The van der Waals surface area contributed by atoms with Gasteiger partial charge in [-0.15, -0.1) is 0 Å². The average Bonchev–Trinajstić information content (AvgIpc) is 2.94. The highest BCUT2D eigenvalue weighted by Gasteiger charge is 2.23. The lowest BCUT2D eigenvalue weighted by atomic mass is 9.87. The van der Waals surface area contributed by atoms with Crippen LogP contribution in [0, 0.1) is 0 Å². The van der Waals surface area contributed by atoms with Gasteiger partial charge >= 0.3 is 0 Å². The van der Waals surface area contributed by atoms with Gasteiger partial charge in [-0.3, -0.25) is 9.44 Å². The van der Waals surface area contributed by atoms with Crippen LogP contribution < -0.4 is 18.9 Å². The Hall–Kier alpha value is -4.02. The highest BCUT2D eigenvalue weighted by Crippen LogP contribution is 2.34. The van der Waals surface area contributed by atoms with Crippen molar-refractivity contribution < 1.29 is 26.3 Å². The molecule has 2 N–H and O–H groups in total. The summed E-state index contributed by atoms with van der Waals surface area (Å²) in [6.45, 7) is 12.2. The first-order valence-electron chi connectivity index (χ1n) is 13.7. The Morgan fingerprint density at radius 3 is 1.33 bits per heavy atom. The predicted molar refractivity (Wildman–Crippen MR) is 171 cm³/mol. The molecule has 0 saturated carbocycles. The molecular formula is C33H38N2O6S2. The molecular weight excluding hydrogens is 585 g/mol. The zero-order valence-corrected chi connectivity index (χ0v) is 27.1. The van der Waals surface area contributed by atoms with Crippen molar-refractivity contribution in [1.82, 2.24) is 0 Å². The number of nitrogens with one attached hydrogen (secondary N) is 2. The molecule has 0 unspecified atom stereocenters. The molecule has 4 aromatic rings. The second-order valence-corrected chi connectivity index (χ2v) is 15.6. The molecule has 8 nitrogen and oxygen atoms in total.